The van der Waals surface area contributed by atoms with Gasteiger partial charge in [0.1, 0.15) is 0 Å². The highest BCUT2D eigenvalue weighted by Gasteiger charge is 2.18. The second-order valence-electron chi connectivity index (χ2n) is 22.1. The van der Waals surface area contributed by atoms with Crippen molar-refractivity contribution in [2.24, 2.45) is 0 Å². The van der Waals surface area contributed by atoms with Crippen LogP contribution in [0.25, 0.3) is 0 Å². The second-order valence-corrected chi connectivity index (χ2v) is 22.1. The molecule has 424 valence electrons. The third-order valence-electron chi connectivity index (χ3n) is 14.9. The van der Waals surface area contributed by atoms with Gasteiger partial charge in [-0.15, -0.1) is 0 Å². The van der Waals surface area contributed by atoms with Gasteiger partial charge in [-0.1, -0.05) is 314 Å². The zero-order valence-electron chi connectivity index (χ0n) is 48.4. The number of ether oxygens (including phenoxy) is 1. The molecule has 2 unspecified atom stereocenters. The van der Waals surface area contributed by atoms with E-state index in [1.807, 2.05) is 6.08 Å². The Morgan fingerprint density at radius 3 is 1.11 bits per heavy atom. The van der Waals surface area contributed by atoms with Crippen LogP contribution in [0.5, 0.6) is 0 Å². The van der Waals surface area contributed by atoms with Crippen molar-refractivity contribution in [3.63, 3.8) is 0 Å². The van der Waals surface area contributed by atoms with E-state index in [0.29, 0.717) is 19.4 Å². The fourth-order valence-corrected chi connectivity index (χ4v) is 9.97. The van der Waals surface area contributed by atoms with Gasteiger partial charge in [0.15, 0.2) is 0 Å². The molecule has 0 aliphatic rings. The Morgan fingerprint density at radius 2 is 0.722 bits per heavy atom. The van der Waals surface area contributed by atoms with Gasteiger partial charge in [-0.3, -0.25) is 9.59 Å². The van der Waals surface area contributed by atoms with Gasteiger partial charge in [0.05, 0.1) is 25.4 Å². The molecule has 0 fully saturated rings. The maximum absolute atomic E-state index is 12.5. The summed E-state index contributed by atoms with van der Waals surface area (Å²) in [6, 6.07) is -0.627. The average molecular weight is 1010 g/mol. The van der Waals surface area contributed by atoms with Crippen molar-refractivity contribution < 1.29 is 24.5 Å². The van der Waals surface area contributed by atoms with Crippen LogP contribution in [0.2, 0.25) is 0 Å². The van der Waals surface area contributed by atoms with Crippen LogP contribution < -0.4 is 5.32 Å². The van der Waals surface area contributed by atoms with Gasteiger partial charge < -0.3 is 20.3 Å². The lowest BCUT2D eigenvalue weighted by Gasteiger charge is -2.20. The molecule has 0 aromatic rings. The van der Waals surface area contributed by atoms with Crippen LogP contribution >= 0.6 is 0 Å². The third kappa shape index (κ3) is 57.4. The molecule has 0 saturated heterocycles. The lowest BCUT2D eigenvalue weighted by Crippen LogP contribution is -2.45. The molecular weight excluding hydrogens is 887 g/mol. The highest BCUT2D eigenvalue weighted by Crippen LogP contribution is 2.18. The summed E-state index contributed by atoms with van der Waals surface area (Å²) >= 11 is 0. The SMILES string of the molecule is CCC/C=C\C/C=C\CCCCCCCC(=O)OCCCCCCCCCCCCCCCCCCCCCCCCCCCC(=O)NC(CO)C(O)/C=C/CCCCCCCCCCCCCCCCC. The molecule has 0 bridgehead atoms. The molecule has 6 heteroatoms. The molecule has 1 amide bonds. The summed E-state index contributed by atoms with van der Waals surface area (Å²) in [4.78, 5) is 24.5. The minimum atomic E-state index is -0.844. The number of carbonyl (C=O) groups excluding carboxylic acids is 2. The van der Waals surface area contributed by atoms with Crippen molar-refractivity contribution in [3.8, 4) is 0 Å². The monoisotopic (exact) mass is 1010 g/mol. The summed E-state index contributed by atoms with van der Waals surface area (Å²) in [5.74, 6) is -0.0636. The van der Waals surface area contributed by atoms with Crippen LogP contribution in [0.1, 0.15) is 348 Å². The summed E-state index contributed by atoms with van der Waals surface area (Å²) in [5, 5.41) is 23.2. The normalized spacial score (nSPS) is 12.8. The van der Waals surface area contributed by atoms with Gasteiger partial charge in [0.25, 0.3) is 0 Å². The van der Waals surface area contributed by atoms with Gasteiger partial charge >= 0.3 is 5.97 Å². The molecule has 72 heavy (non-hydrogen) atoms. The van der Waals surface area contributed by atoms with Crippen LogP contribution in [0.4, 0.5) is 0 Å². The van der Waals surface area contributed by atoms with Gasteiger partial charge in [0, 0.05) is 12.8 Å². The summed E-state index contributed by atoms with van der Waals surface area (Å²) in [6.45, 7) is 4.86. The van der Waals surface area contributed by atoms with Crippen molar-refractivity contribution in [1.29, 1.82) is 0 Å². The van der Waals surface area contributed by atoms with Crippen LogP contribution in [-0.2, 0) is 14.3 Å². The van der Waals surface area contributed by atoms with E-state index < -0.39 is 12.1 Å². The number of hydrogen-bond donors (Lipinski definition) is 3. The van der Waals surface area contributed by atoms with Crippen LogP contribution in [-0.4, -0.2) is 47.4 Å². The van der Waals surface area contributed by atoms with Gasteiger partial charge in [-0.2, -0.15) is 0 Å². The number of hydrogen-bond acceptors (Lipinski definition) is 5. The number of esters is 1. The topological polar surface area (TPSA) is 95.9 Å². The first kappa shape index (κ1) is 70.1. The molecule has 0 heterocycles. The van der Waals surface area contributed by atoms with Crippen molar-refractivity contribution >= 4 is 11.9 Å². The Hall–Kier alpha value is -1.92. The number of aliphatic hydroxyl groups is 2. The number of aliphatic hydroxyl groups excluding tert-OH is 2. The van der Waals surface area contributed by atoms with Crippen LogP contribution in [0.15, 0.2) is 36.5 Å². The van der Waals surface area contributed by atoms with Gasteiger partial charge in [-0.25, -0.2) is 0 Å². The lowest BCUT2D eigenvalue weighted by molar-refractivity contribution is -0.143. The second kappa shape index (κ2) is 61.6. The molecule has 0 spiro atoms. The van der Waals surface area contributed by atoms with E-state index in [0.717, 1.165) is 51.4 Å². The molecule has 0 aliphatic heterocycles. The van der Waals surface area contributed by atoms with E-state index in [-0.39, 0.29) is 18.5 Å². The first-order chi connectivity index (χ1) is 35.5. The number of nitrogens with one attached hydrogen (secondary N) is 1. The minimum absolute atomic E-state index is 0.000653. The van der Waals surface area contributed by atoms with Crippen LogP contribution in [0, 0.1) is 0 Å². The Bertz CT molecular complexity index is 1170. The van der Waals surface area contributed by atoms with Crippen molar-refractivity contribution in [1.82, 2.24) is 5.32 Å². The summed E-state index contributed by atoms with van der Waals surface area (Å²) in [7, 11) is 0. The minimum Gasteiger partial charge on any atom is -0.466 e. The standard InChI is InChI=1S/C66H125NO5/c1-3-5-7-9-11-13-15-17-18-28-31-35-38-42-46-50-54-58-64(69)63(62-68)67-65(70)59-55-51-47-43-39-36-32-29-26-24-22-20-19-21-23-25-27-30-33-37-41-45-49-53-57-61-72-66(71)60-56-52-48-44-40-34-16-14-12-10-8-6-4-2/h8,10,14,16,54,58,63-64,68-69H,3-7,9,11-13,15,17-53,55-57,59-62H2,1-2H3,(H,67,70)/b10-8-,16-14-,58-54+. The molecule has 0 aromatic heterocycles. The number of amides is 1. The maximum atomic E-state index is 12.5. The van der Waals surface area contributed by atoms with E-state index in [2.05, 4.69) is 43.5 Å². The molecule has 3 N–H and O–H groups in total. The molecule has 2 atom stereocenters. The zero-order chi connectivity index (χ0) is 52.2. The maximum Gasteiger partial charge on any atom is 0.305 e. The molecule has 0 saturated carbocycles. The van der Waals surface area contributed by atoms with E-state index in [4.69, 9.17) is 4.74 Å². The van der Waals surface area contributed by atoms with Crippen molar-refractivity contribution in [2.45, 2.75) is 360 Å². The number of unbranched alkanes of at least 4 members (excludes halogenated alkanes) is 45. The fraction of sp³-hybridized carbons (Fsp3) is 0.879. The zero-order valence-corrected chi connectivity index (χ0v) is 48.4. The van der Waals surface area contributed by atoms with Crippen molar-refractivity contribution in [2.75, 3.05) is 13.2 Å². The van der Waals surface area contributed by atoms with Gasteiger partial charge in [-0.05, 0) is 57.8 Å². The van der Waals surface area contributed by atoms with E-state index in [1.54, 1.807) is 6.08 Å². The largest absolute Gasteiger partial charge is 0.466 e. The molecule has 0 rings (SSSR count). The molecule has 0 aliphatic carbocycles. The van der Waals surface area contributed by atoms with E-state index >= 15 is 0 Å². The summed E-state index contributed by atoms with van der Waals surface area (Å²) in [5.41, 5.74) is 0. The smallest absolute Gasteiger partial charge is 0.305 e. The Labute approximate surface area is 449 Å². The average Bonchev–Trinajstić information content (AvgIpc) is 3.38. The highest BCUT2D eigenvalue weighted by atomic mass is 16.5. The van der Waals surface area contributed by atoms with Crippen molar-refractivity contribution in [3.05, 3.63) is 36.5 Å². The Kier molecular flexibility index (Phi) is 60.0. The van der Waals surface area contributed by atoms with E-state index in [1.165, 1.54) is 270 Å². The predicted molar refractivity (Wildman–Crippen MR) is 315 cm³/mol. The third-order valence-corrected chi connectivity index (χ3v) is 14.9. The number of allylic oxidation sites excluding steroid dienone is 5. The first-order valence-electron chi connectivity index (χ1n) is 32.3. The molecule has 6 nitrogen and oxygen atoms in total. The first-order valence-corrected chi connectivity index (χ1v) is 32.3. The predicted octanol–water partition coefficient (Wildman–Crippen LogP) is 20.4. The molecular formula is C66H125NO5. The fourth-order valence-electron chi connectivity index (χ4n) is 9.97. The quantitative estimate of drug-likeness (QED) is 0.0320. The van der Waals surface area contributed by atoms with Gasteiger partial charge in [0.2, 0.25) is 5.91 Å². The highest BCUT2D eigenvalue weighted by molar-refractivity contribution is 5.76. The molecule has 0 radical (unpaired) electrons. The Balaban J connectivity index is 3.39. The summed E-state index contributed by atoms with van der Waals surface area (Å²) < 4.78 is 5.47. The lowest BCUT2D eigenvalue weighted by atomic mass is 10.0. The number of rotatable bonds is 60. The number of carbonyl (C=O) groups is 2. The Morgan fingerprint density at radius 1 is 0.389 bits per heavy atom. The molecule has 0 aromatic carbocycles. The van der Waals surface area contributed by atoms with E-state index in [9.17, 15) is 19.8 Å². The van der Waals surface area contributed by atoms with Crippen LogP contribution in [0.3, 0.4) is 0 Å². The summed E-state index contributed by atoms with van der Waals surface area (Å²) in [6.07, 6.45) is 77.7.